The predicted molar refractivity (Wildman–Crippen MR) is 30.4 cm³/mol. The molecule has 0 amide bonds. The summed E-state index contributed by atoms with van der Waals surface area (Å²) in [5.74, 6) is -0.810. The Balaban J connectivity index is 3.41. The summed E-state index contributed by atoms with van der Waals surface area (Å²) in [6.45, 7) is 0.0136. The van der Waals surface area contributed by atoms with Crippen molar-refractivity contribution in [1.29, 1.82) is 0 Å². The maximum Gasteiger partial charge on any atom is 0.244 e. The fourth-order valence-electron chi connectivity index (χ4n) is 0.458. The lowest BCUT2D eigenvalue weighted by atomic mass is 10.2. The van der Waals surface area contributed by atoms with Crippen molar-refractivity contribution in [2.45, 2.75) is 6.43 Å². The molecule has 0 spiro atoms. The number of hydrogen-bond acceptors (Lipinski definition) is 2. The minimum absolute atomic E-state index is 0.0223. The van der Waals surface area contributed by atoms with Crippen LogP contribution < -0.4 is 5.73 Å². The van der Waals surface area contributed by atoms with Crippen LogP contribution in [0.4, 0.5) is 8.78 Å². The van der Waals surface area contributed by atoms with E-state index in [9.17, 15) is 8.78 Å². The molecule has 0 aliphatic carbocycles. The second-order valence-electron chi connectivity index (χ2n) is 1.79. The summed E-state index contributed by atoms with van der Waals surface area (Å²) >= 11 is 0. The summed E-state index contributed by atoms with van der Waals surface area (Å²) in [5.41, 5.74) is 5.00. The van der Waals surface area contributed by atoms with Crippen LogP contribution >= 0.6 is 0 Å². The van der Waals surface area contributed by atoms with Gasteiger partial charge in [0.1, 0.15) is 0 Å². The van der Waals surface area contributed by atoms with E-state index in [1.807, 2.05) is 0 Å². The molecule has 1 atom stereocenters. The maximum atomic E-state index is 11.7. The molecule has 0 saturated carbocycles. The lowest BCUT2D eigenvalue weighted by Crippen LogP contribution is -2.25. The molecule has 0 heterocycles. The Bertz CT molecular complexity index is 70.0. The third kappa shape index (κ3) is 3.37. The van der Waals surface area contributed by atoms with Gasteiger partial charge in [-0.25, -0.2) is 8.78 Å². The second kappa shape index (κ2) is 4.64. The molecule has 0 radical (unpaired) electrons. The van der Waals surface area contributed by atoms with Gasteiger partial charge in [0, 0.05) is 13.7 Å². The third-order valence-electron chi connectivity index (χ3n) is 1.04. The summed E-state index contributed by atoms with van der Waals surface area (Å²) in [5, 5.41) is 0. The van der Waals surface area contributed by atoms with Crippen LogP contribution in [0, 0.1) is 5.92 Å². The lowest BCUT2D eigenvalue weighted by molar-refractivity contribution is 0.0302. The summed E-state index contributed by atoms with van der Waals surface area (Å²) < 4.78 is 27.9. The SMILES string of the molecule is COCC(CN)C(F)F. The Hall–Kier alpha value is -0.220. The normalized spacial score (nSPS) is 14.3. The molecule has 0 aromatic carbocycles. The van der Waals surface area contributed by atoms with Crippen molar-refractivity contribution in [2.75, 3.05) is 20.3 Å². The summed E-state index contributed by atoms with van der Waals surface area (Å²) in [7, 11) is 1.38. The lowest BCUT2D eigenvalue weighted by Gasteiger charge is -2.10. The van der Waals surface area contributed by atoms with Gasteiger partial charge in [0.05, 0.1) is 12.5 Å². The first-order chi connectivity index (χ1) is 4.22. The van der Waals surface area contributed by atoms with Crippen LogP contribution in [-0.2, 0) is 4.74 Å². The van der Waals surface area contributed by atoms with Crippen molar-refractivity contribution >= 4 is 0 Å². The molecule has 0 bridgehead atoms. The van der Waals surface area contributed by atoms with Crippen molar-refractivity contribution < 1.29 is 13.5 Å². The number of nitrogens with two attached hydrogens (primary N) is 1. The van der Waals surface area contributed by atoms with Gasteiger partial charge in [-0.1, -0.05) is 0 Å². The number of rotatable bonds is 4. The van der Waals surface area contributed by atoms with Gasteiger partial charge in [0.2, 0.25) is 6.43 Å². The first-order valence-electron chi connectivity index (χ1n) is 2.69. The van der Waals surface area contributed by atoms with E-state index >= 15 is 0 Å². The van der Waals surface area contributed by atoms with Crippen molar-refractivity contribution in [3.63, 3.8) is 0 Å². The zero-order chi connectivity index (χ0) is 7.28. The number of hydrogen-bond donors (Lipinski definition) is 1. The molecule has 9 heavy (non-hydrogen) atoms. The van der Waals surface area contributed by atoms with Gasteiger partial charge >= 0.3 is 0 Å². The Morgan fingerprint density at radius 3 is 2.22 bits per heavy atom. The molecular weight excluding hydrogens is 128 g/mol. The topological polar surface area (TPSA) is 35.2 Å². The molecule has 0 saturated heterocycles. The molecule has 0 aliphatic heterocycles. The predicted octanol–water partition coefficient (Wildman–Crippen LogP) is 0.473. The van der Waals surface area contributed by atoms with Gasteiger partial charge < -0.3 is 10.5 Å². The summed E-state index contributed by atoms with van der Waals surface area (Å²) in [6.07, 6.45) is -2.37. The highest BCUT2D eigenvalue weighted by Crippen LogP contribution is 2.07. The average molecular weight is 139 g/mol. The fourth-order valence-corrected chi connectivity index (χ4v) is 0.458. The maximum absolute atomic E-state index is 11.7. The monoisotopic (exact) mass is 139 g/mol. The second-order valence-corrected chi connectivity index (χ2v) is 1.79. The third-order valence-corrected chi connectivity index (χ3v) is 1.04. The molecule has 0 fully saturated rings. The first kappa shape index (κ1) is 8.78. The standard InChI is InChI=1S/C5H11F2NO/c1-9-3-4(2-8)5(6)7/h4-5H,2-3,8H2,1H3. The van der Waals surface area contributed by atoms with Gasteiger partial charge in [-0.2, -0.15) is 0 Å². The van der Waals surface area contributed by atoms with E-state index in [0.717, 1.165) is 0 Å². The van der Waals surface area contributed by atoms with Gasteiger partial charge in [-0.15, -0.1) is 0 Å². The van der Waals surface area contributed by atoms with Crippen molar-refractivity contribution in [2.24, 2.45) is 11.7 Å². The minimum atomic E-state index is -2.37. The molecule has 0 rings (SSSR count). The van der Waals surface area contributed by atoms with Crippen LogP contribution in [0.5, 0.6) is 0 Å². The molecule has 2 nitrogen and oxygen atoms in total. The van der Waals surface area contributed by atoms with E-state index in [2.05, 4.69) is 4.74 Å². The highest BCUT2D eigenvalue weighted by Gasteiger charge is 2.17. The highest BCUT2D eigenvalue weighted by molar-refractivity contribution is 4.59. The van der Waals surface area contributed by atoms with E-state index in [0.29, 0.717) is 0 Å². The van der Waals surface area contributed by atoms with Gasteiger partial charge in [0.25, 0.3) is 0 Å². The fraction of sp³-hybridized carbons (Fsp3) is 1.00. The highest BCUT2D eigenvalue weighted by atomic mass is 19.3. The molecular formula is C5H11F2NO. The Morgan fingerprint density at radius 1 is 1.56 bits per heavy atom. The van der Waals surface area contributed by atoms with Crippen LogP contribution in [-0.4, -0.2) is 26.7 Å². The Kier molecular flexibility index (Phi) is 4.53. The zero-order valence-electron chi connectivity index (χ0n) is 5.31. The summed E-state index contributed by atoms with van der Waals surface area (Å²) in [6, 6.07) is 0. The van der Waals surface area contributed by atoms with Gasteiger partial charge in [0.15, 0.2) is 0 Å². The van der Waals surface area contributed by atoms with E-state index in [1.165, 1.54) is 7.11 Å². The molecule has 1 unspecified atom stereocenters. The largest absolute Gasteiger partial charge is 0.384 e. The average Bonchev–Trinajstić information content (AvgIpc) is 1.82. The Labute approximate surface area is 53.0 Å². The Morgan fingerprint density at radius 2 is 2.11 bits per heavy atom. The van der Waals surface area contributed by atoms with Crippen molar-refractivity contribution in [3.8, 4) is 0 Å². The van der Waals surface area contributed by atoms with E-state index in [1.54, 1.807) is 0 Å². The van der Waals surface area contributed by atoms with Crippen molar-refractivity contribution in [3.05, 3.63) is 0 Å². The smallest absolute Gasteiger partial charge is 0.244 e. The first-order valence-corrected chi connectivity index (χ1v) is 2.69. The quantitative estimate of drug-likeness (QED) is 0.614. The van der Waals surface area contributed by atoms with Crippen LogP contribution in [0.3, 0.4) is 0 Å². The van der Waals surface area contributed by atoms with Gasteiger partial charge in [-0.05, 0) is 0 Å². The van der Waals surface area contributed by atoms with E-state index in [4.69, 9.17) is 5.73 Å². The number of halogens is 2. The summed E-state index contributed by atoms with van der Waals surface area (Å²) in [4.78, 5) is 0. The molecule has 0 aromatic rings. The van der Waals surface area contributed by atoms with Crippen LogP contribution in [0.15, 0.2) is 0 Å². The van der Waals surface area contributed by atoms with Crippen LogP contribution in [0.2, 0.25) is 0 Å². The number of alkyl halides is 2. The minimum Gasteiger partial charge on any atom is -0.384 e. The number of ether oxygens (including phenoxy) is 1. The molecule has 56 valence electrons. The molecule has 0 aliphatic rings. The molecule has 2 N–H and O–H groups in total. The van der Waals surface area contributed by atoms with E-state index in [-0.39, 0.29) is 13.2 Å². The van der Waals surface area contributed by atoms with Crippen LogP contribution in [0.25, 0.3) is 0 Å². The van der Waals surface area contributed by atoms with Crippen LogP contribution in [0.1, 0.15) is 0 Å². The zero-order valence-corrected chi connectivity index (χ0v) is 5.31. The number of methoxy groups -OCH3 is 1. The molecule has 0 aromatic heterocycles. The van der Waals surface area contributed by atoms with Crippen molar-refractivity contribution in [1.82, 2.24) is 0 Å². The van der Waals surface area contributed by atoms with Gasteiger partial charge in [-0.3, -0.25) is 0 Å². The molecule has 4 heteroatoms. The van der Waals surface area contributed by atoms with E-state index < -0.39 is 12.3 Å².